The van der Waals surface area contributed by atoms with Gasteiger partial charge in [-0.15, -0.1) is 0 Å². The van der Waals surface area contributed by atoms with Gasteiger partial charge in [-0.1, -0.05) is 30.3 Å². The molecule has 1 unspecified atom stereocenters. The molecule has 1 aliphatic heterocycles. The van der Waals surface area contributed by atoms with Crippen LogP contribution in [0.15, 0.2) is 36.4 Å². The van der Waals surface area contributed by atoms with Gasteiger partial charge in [0, 0.05) is 24.7 Å². The predicted octanol–water partition coefficient (Wildman–Crippen LogP) is 2.48. The molecule has 2 aromatic rings. The fourth-order valence-corrected chi connectivity index (χ4v) is 2.74. The second kappa shape index (κ2) is 5.52. The lowest BCUT2D eigenvalue weighted by atomic mass is 9.99. The van der Waals surface area contributed by atoms with Gasteiger partial charge in [0.25, 0.3) is 0 Å². The molecular weight excluding hydrogens is 266 g/mol. The summed E-state index contributed by atoms with van der Waals surface area (Å²) in [5.41, 5.74) is 2.05. The van der Waals surface area contributed by atoms with Crippen molar-refractivity contribution in [3.05, 3.63) is 53.3 Å². The highest BCUT2D eigenvalue weighted by Gasteiger charge is 2.26. The third kappa shape index (κ3) is 2.86. The number of nitrogens with zero attached hydrogens (tertiary/aromatic N) is 3. The van der Waals surface area contributed by atoms with Crippen LogP contribution in [-0.4, -0.2) is 34.1 Å². The van der Waals surface area contributed by atoms with Crippen LogP contribution >= 0.6 is 0 Å². The first kappa shape index (κ1) is 13.5. The number of aromatic nitrogens is 2. The van der Waals surface area contributed by atoms with Crippen LogP contribution in [0.5, 0.6) is 0 Å². The van der Waals surface area contributed by atoms with Gasteiger partial charge in [0.2, 0.25) is 5.95 Å². The zero-order valence-electron chi connectivity index (χ0n) is 11.9. The molecule has 5 nitrogen and oxygen atoms in total. The minimum absolute atomic E-state index is 0.0562. The number of carboxylic acids is 1. The summed E-state index contributed by atoms with van der Waals surface area (Å²) in [6.07, 6.45) is 1.03. The molecule has 0 saturated carbocycles. The molecule has 0 spiro atoms. The Bertz CT molecular complexity index is 658. The topological polar surface area (TPSA) is 66.3 Å². The Balaban J connectivity index is 1.82. The number of benzene rings is 1. The summed E-state index contributed by atoms with van der Waals surface area (Å²) < 4.78 is 0. The third-order valence-electron chi connectivity index (χ3n) is 3.80. The van der Waals surface area contributed by atoms with Crippen LogP contribution in [0.1, 0.15) is 34.1 Å². The third-order valence-corrected chi connectivity index (χ3v) is 3.80. The number of aryl methyl sites for hydroxylation is 1. The summed E-state index contributed by atoms with van der Waals surface area (Å²) in [4.78, 5) is 21.7. The maximum atomic E-state index is 11.1. The van der Waals surface area contributed by atoms with E-state index >= 15 is 0 Å². The molecule has 108 valence electrons. The summed E-state index contributed by atoms with van der Waals surface area (Å²) in [7, 11) is 0. The smallest absolute Gasteiger partial charge is 0.354 e. The summed E-state index contributed by atoms with van der Waals surface area (Å²) in [6.45, 7) is 3.47. The fraction of sp³-hybridized carbons (Fsp3) is 0.312. The average Bonchev–Trinajstić information content (AvgIpc) is 2.97. The number of hydrogen-bond acceptors (Lipinski definition) is 4. The van der Waals surface area contributed by atoms with E-state index in [0.717, 1.165) is 19.5 Å². The van der Waals surface area contributed by atoms with Gasteiger partial charge < -0.3 is 10.0 Å². The summed E-state index contributed by atoms with van der Waals surface area (Å²) in [5, 5.41) is 9.10. The maximum absolute atomic E-state index is 11.1. The number of rotatable bonds is 3. The molecule has 21 heavy (non-hydrogen) atoms. The first-order valence-electron chi connectivity index (χ1n) is 7.02. The van der Waals surface area contributed by atoms with Crippen molar-refractivity contribution in [3.8, 4) is 0 Å². The van der Waals surface area contributed by atoms with E-state index in [4.69, 9.17) is 5.11 Å². The fourth-order valence-electron chi connectivity index (χ4n) is 2.74. The molecule has 0 aliphatic carbocycles. The van der Waals surface area contributed by atoms with Crippen molar-refractivity contribution in [3.63, 3.8) is 0 Å². The van der Waals surface area contributed by atoms with E-state index in [9.17, 15) is 4.79 Å². The molecule has 1 saturated heterocycles. The minimum atomic E-state index is -1.01. The van der Waals surface area contributed by atoms with Crippen molar-refractivity contribution < 1.29 is 9.90 Å². The second-order valence-electron chi connectivity index (χ2n) is 5.34. The van der Waals surface area contributed by atoms with Gasteiger partial charge in [0.15, 0.2) is 5.69 Å². The zero-order valence-corrected chi connectivity index (χ0v) is 11.9. The first-order chi connectivity index (χ1) is 10.1. The Morgan fingerprint density at radius 2 is 2.05 bits per heavy atom. The standard InChI is InChI=1S/C16H17N3O2/c1-11-9-14(15(20)21)18-16(17-11)19-8-7-13(10-19)12-5-3-2-4-6-12/h2-6,9,13H,7-8,10H2,1H3,(H,20,21). The van der Waals surface area contributed by atoms with Crippen molar-refractivity contribution >= 4 is 11.9 Å². The number of aromatic carboxylic acids is 1. The Morgan fingerprint density at radius 3 is 2.76 bits per heavy atom. The number of hydrogen-bond donors (Lipinski definition) is 1. The van der Waals surface area contributed by atoms with Crippen molar-refractivity contribution in [1.29, 1.82) is 0 Å². The van der Waals surface area contributed by atoms with Gasteiger partial charge in [0.1, 0.15) is 0 Å². The van der Waals surface area contributed by atoms with E-state index in [2.05, 4.69) is 27.0 Å². The minimum Gasteiger partial charge on any atom is -0.477 e. The molecule has 0 bridgehead atoms. The molecular formula is C16H17N3O2. The average molecular weight is 283 g/mol. The van der Waals surface area contributed by atoms with Crippen molar-refractivity contribution in [2.24, 2.45) is 0 Å². The normalized spacial score (nSPS) is 18.0. The maximum Gasteiger partial charge on any atom is 0.354 e. The molecule has 1 N–H and O–H groups in total. The van der Waals surface area contributed by atoms with Crippen molar-refractivity contribution in [1.82, 2.24) is 9.97 Å². The number of carbonyl (C=O) groups is 1. The Kier molecular flexibility index (Phi) is 3.56. The number of carboxylic acid groups (broad SMARTS) is 1. The molecule has 1 atom stereocenters. The lowest BCUT2D eigenvalue weighted by Crippen LogP contribution is -2.23. The molecule has 5 heteroatoms. The Labute approximate surface area is 123 Å². The van der Waals surface area contributed by atoms with Crippen LogP contribution < -0.4 is 4.90 Å². The van der Waals surface area contributed by atoms with Crippen LogP contribution in [0.4, 0.5) is 5.95 Å². The molecule has 1 aliphatic rings. The van der Waals surface area contributed by atoms with E-state index in [0.29, 0.717) is 17.6 Å². The molecule has 1 fully saturated rings. The summed E-state index contributed by atoms with van der Waals surface area (Å²) >= 11 is 0. The molecule has 1 aromatic heterocycles. The van der Waals surface area contributed by atoms with Gasteiger partial charge in [-0.2, -0.15) is 0 Å². The highest BCUT2D eigenvalue weighted by atomic mass is 16.4. The van der Waals surface area contributed by atoms with Crippen LogP contribution in [0.3, 0.4) is 0 Å². The van der Waals surface area contributed by atoms with Gasteiger partial charge in [0.05, 0.1) is 0 Å². The largest absolute Gasteiger partial charge is 0.477 e. The molecule has 1 aromatic carbocycles. The Morgan fingerprint density at radius 1 is 1.29 bits per heavy atom. The lowest BCUT2D eigenvalue weighted by Gasteiger charge is -2.17. The van der Waals surface area contributed by atoms with Crippen molar-refractivity contribution in [2.45, 2.75) is 19.3 Å². The summed E-state index contributed by atoms with van der Waals surface area (Å²) in [6, 6.07) is 11.9. The van der Waals surface area contributed by atoms with Gasteiger partial charge in [-0.05, 0) is 25.0 Å². The molecule has 0 amide bonds. The first-order valence-corrected chi connectivity index (χ1v) is 7.02. The monoisotopic (exact) mass is 283 g/mol. The highest BCUT2D eigenvalue weighted by Crippen LogP contribution is 2.29. The van der Waals surface area contributed by atoms with Crippen LogP contribution in [-0.2, 0) is 0 Å². The van der Waals surface area contributed by atoms with Gasteiger partial charge in [-0.3, -0.25) is 0 Å². The highest BCUT2D eigenvalue weighted by molar-refractivity contribution is 5.85. The molecule has 0 radical (unpaired) electrons. The van der Waals surface area contributed by atoms with E-state index in [1.807, 2.05) is 18.2 Å². The Hall–Kier alpha value is -2.43. The zero-order chi connectivity index (χ0) is 14.8. The van der Waals surface area contributed by atoms with Gasteiger partial charge >= 0.3 is 5.97 Å². The SMILES string of the molecule is Cc1cc(C(=O)O)nc(N2CCC(c3ccccc3)C2)n1. The van der Waals surface area contributed by atoms with E-state index < -0.39 is 5.97 Å². The van der Waals surface area contributed by atoms with Crippen molar-refractivity contribution in [2.75, 3.05) is 18.0 Å². The van der Waals surface area contributed by atoms with Crippen LogP contribution in [0.2, 0.25) is 0 Å². The second-order valence-corrected chi connectivity index (χ2v) is 5.34. The number of anilines is 1. The lowest BCUT2D eigenvalue weighted by molar-refractivity contribution is 0.0690. The molecule has 2 heterocycles. The van der Waals surface area contributed by atoms with Crippen LogP contribution in [0, 0.1) is 6.92 Å². The molecule has 3 rings (SSSR count). The van der Waals surface area contributed by atoms with Gasteiger partial charge in [-0.25, -0.2) is 14.8 Å². The van der Waals surface area contributed by atoms with Crippen LogP contribution in [0.25, 0.3) is 0 Å². The van der Waals surface area contributed by atoms with E-state index in [1.165, 1.54) is 11.6 Å². The van der Waals surface area contributed by atoms with E-state index in [1.54, 1.807) is 6.92 Å². The predicted molar refractivity (Wildman–Crippen MR) is 79.7 cm³/mol. The van der Waals surface area contributed by atoms with E-state index in [-0.39, 0.29) is 5.69 Å². The summed E-state index contributed by atoms with van der Waals surface area (Å²) in [5.74, 6) is -0.0463. The quantitative estimate of drug-likeness (QED) is 0.937.